The maximum absolute atomic E-state index is 11.6. The van der Waals surface area contributed by atoms with Crippen molar-refractivity contribution in [3.8, 4) is 6.07 Å². The van der Waals surface area contributed by atoms with E-state index in [2.05, 4.69) is 34.3 Å². The lowest BCUT2D eigenvalue weighted by molar-refractivity contribution is -0.110. The Hall–Kier alpha value is -1.54. The van der Waals surface area contributed by atoms with Crippen molar-refractivity contribution in [2.24, 2.45) is 5.92 Å². The lowest BCUT2D eigenvalue weighted by Gasteiger charge is -2.43. The summed E-state index contributed by atoms with van der Waals surface area (Å²) in [6.45, 7) is 8.61. The summed E-state index contributed by atoms with van der Waals surface area (Å²) in [5, 5.41) is 21.7. The first kappa shape index (κ1) is 23.7. The molecule has 3 fully saturated rings. The summed E-state index contributed by atoms with van der Waals surface area (Å²) in [6, 6.07) is 3.00. The number of amides is 3. The zero-order chi connectivity index (χ0) is 21.4. The molecular weight excluding hydrogens is 392 g/mol. The van der Waals surface area contributed by atoms with E-state index < -0.39 is 0 Å². The fourth-order valence-corrected chi connectivity index (χ4v) is 5.28. The van der Waals surface area contributed by atoms with Crippen molar-refractivity contribution in [2.75, 3.05) is 26.7 Å². The zero-order valence-corrected chi connectivity index (χ0v) is 18.5. The van der Waals surface area contributed by atoms with Crippen LogP contribution in [0.1, 0.15) is 33.6 Å². The Morgan fingerprint density at radius 3 is 2.86 bits per heavy atom. The number of carbonyl (C=O) groups excluding carboxylic acids is 2. The summed E-state index contributed by atoms with van der Waals surface area (Å²) >= 11 is 1.69. The monoisotopic (exact) mass is 426 g/mol. The molecule has 9 nitrogen and oxygen atoms in total. The van der Waals surface area contributed by atoms with Crippen LogP contribution in [0.2, 0.25) is 0 Å². The molecule has 3 heterocycles. The highest BCUT2D eigenvalue weighted by Gasteiger charge is 2.39. The molecule has 164 valence electrons. The summed E-state index contributed by atoms with van der Waals surface area (Å²) in [5.74, 6) is 0.213. The Bertz CT molecular complexity index is 589. The number of nitrogens with one attached hydrogen (secondary N) is 4. The van der Waals surface area contributed by atoms with Crippen molar-refractivity contribution in [3.05, 3.63) is 0 Å². The Morgan fingerprint density at radius 2 is 2.24 bits per heavy atom. The molecule has 3 aliphatic heterocycles. The molecule has 0 aliphatic carbocycles. The minimum absolute atomic E-state index is 0.0262. The number of urea groups is 1. The smallest absolute Gasteiger partial charge is 0.327 e. The number of piperidine rings is 2. The highest BCUT2D eigenvalue weighted by atomic mass is 32.2. The predicted molar refractivity (Wildman–Crippen MR) is 113 cm³/mol. The van der Waals surface area contributed by atoms with Crippen molar-refractivity contribution < 1.29 is 14.3 Å². The van der Waals surface area contributed by atoms with E-state index in [1.807, 2.05) is 18.2 Å². The number of ether oxygens (including phenoxy) is 1. The van der Waals surface area contributed by atoms with Gasteiger partial charge in [-0.15, -0.1) is 0 Å². The van der Waals surface area contributed by atoms with E-state index >= 15 is 0 Å². The second kappa shape index (κ2) is 11.6. The lowest BCUT2D eigenvalue weighted by atomic mass is 9.87. The number of hydrogen-bond donors (Lipinski definition) is 4. The van der Waals surface area contributed by atoms with Crippen molar-refractivity contribution in [3.63, 3.8) is 0 Å². The number of rotatable bonds is 5. The van der Waals surface area contributed by atoms with Crippen LogP contribution in [-0.2, 0) is 9.53 Å². The van der Waals surface area contributed by atoms with Gasteiger partial charge in [0.2, 0.25) is 6.41 Å². The molecule has 7 unspecified atom stereocenters. The van der Waals surface area contributed by atoms with Crippen molar-refractivity contribution in [2.45, 2.75) is 69.1 Å². The van der Waals surface area contributed by atoms with Gasteiger partial charge in [-0.2, -0.15) is 5.26 Å². The minimum Gasteiger partial charge on any atom is -0.381 e. The predicted octanol–water partition coefficient (Wildman–Crippen LogP) is 0.436. The molecule has 3 saturated heterocycles. The van der Waals surface area contributed by atoms with Gasteiger partial charge in [-0.1, -0.05) is 0 Å². The standard InChI is InChI=1S/C10H17N3O2.C9H17N3OS/c1-7(13-6-14)9-5-12-8(4-11)3-10(9)15-2;1-3-12-9(13)11-7-4-5-10-6(2)8(7)14-12/h6-10,12H,3,5H2,1-2H3,(H,13,14);6-8,10H,3-5H2,1-2H3,(H,11,13). The third kappa shape index (κ3) is 6.22. The van der Waals surface area contributed by atoms with Crippen molar-refractivity contribution in [1.82, 2.24) is 25.6 Å². The molecule has 0 aromatic rings. The van der Waals surface area contributed by atoms with Crippen LogP contribution < -0.4 is 21.3 Å². The summed E-state index contributed by atoms with van der Waals surface area (Å²) in [6.07, 6.45) is 2.44. The molecule has 10 heteroatoms. The van der Waals surface area contributed by atoms with E-state index in [0.29, 0.717) is 36.7 Å². The van der Waals surface area contributed by atoms with Gasteiger partial charge in [0.15, 0.2) is 0 Å². The first-order chi connectivity index (χ1) is 13.9. The number of carbonyl (C=O) groups is 2. The van der Waals surface area contributed by atoms with Crippen LogP contribution in [0.5, 0.6) is 0 Å². The van der Waals surface area contributed by atoms with Crippen LogP contribution in [0.3, 0.4) is 0 Å². The lowest BCUT2D eigenvalue weighted by Crippen LogP contribution is -2.61. The molecule has 0 saturated carbocycles. The fourth-order valence-electron chi connectivity index (χ4n) is 4.06. The van der Waals surface area contributed by atoms with Gasteiger partial charge in [0, 0.05) is 50.7 Å². The molecule has 3 rings (SSSR count). The molecule has 0 aromatic carbocycles. The Labute approximate surface area is 177 Å². The highest BCUT2D eigenvalue weighted by molar-refractivity contribution is 7.98. The maximum atomic E-state index is 11.6. The van der Waals surface area contributed by atoms with Gasteiger partial charge in [-0.3, -0.25) is 9.10 Å². The summed E-state index contributed by atoms with van der Waals surface area (Å²) < 4.78 is 7.17. The Kier molecular flexibility index (Phi) is 9.49. The summed E-state index contributed by atoms with van der Waals surface area (Å²) in [7, 11) is 1.64. The SMILES string of the molecule is CCN1SC2C(C)NCCC2NC1=O.COC1CC(C#N)NCC1C(C)NC=O. The maximum Gasteiger partial charge on any atom is 0.327 e. The van der Waals surface area contributed by atoms with Gasteiger partial charge < -0.3 is 26.0 Å². The number of nitrogens with zero attached hydrogens (tertiary/aromatic N) is 2. The molecule has 3 aliphatic rings. The number of nitriles is 1. The van der Waals surface area contributed by atoms with Crippen molar-refractivity contribution >= 4 is 24.4 Å². The van der Waals surface area contributed by atoms with Crippen LogP contribution in [0.25, 0.3) is 0 Å². The Morgan fingerprint density at radius 1 is 1.48 bits per heavy atom. The van der Waals surface area contributed by atoms with Gasteiger partial charge in [0.05, 0.1) is 23.5 Å². The average molecular weight is 427 g/mol. The van der Waals surface area contributed by atoms with E-state index in [4.69, 9.17) is 10.00 Å². The quantitative estimate of drug-likeness (QED) is 0.372. The molecule has 3 amide bonds. The second-order valence-electron chi connectivity index (χ2n) is 7.69. The zero-order valence-electron chi connectivity index (χ0n) is 17.7. The van der Waals surface area contributed by atoms with E-state index in [0.717, 1.165) is 19.5 Å². The average Bonchev–Trinajstić information content (AvgIpc) is 2.73. The van der Waals surface area contributed by atoms with Gasteiger partial charge >= 0.3 is 6.03 Å². The first-order valence-corrected chi connectivity index (χ1v) is 11.1. The molecule has 7 atom stereocenters. The second-order valence-corrected chi connectivity index (χ2v) is 8.88. The third-order valence-corrected chi connectivity index (χ3v) is 7.52. The van der Waals surface area contributed by atoms with Crippen LogP contribution in [0.4, 0.5) is 4.79 Å². The van der Waals surface area contributed by atoms with Crippen LogP contribution in [0.15, 0.2) is 0 Å². The van der Waals surface area contributed by atoms with Gasteiger partial charge in [0.1, 0.15) is 0 Å². The highest BCUT2D eigenvalue weighted by Crippen LogP contribution is 2.30. The Balaban J connectivity index is 0.000000207. The van der Waals surface area contributed by atoms with Crippen LogP contribution in [-0.4, -0.2) is 79.0 Å². The number of fused-ring (bicyclic) bond motifs is 1. The third-order valence-electron chi connectivity index (χ3n) is 5.86. The molecule has 0 aromatic heterocycles. The summed E-state index contributed by atoms with van der Waals surface area (Å²) in [4.78, 5) is 21.9. The molecule has 0 spiro atoms. The normalized spacial score (nSPS) is 35.1. The van der Waals surface area contributed by atoms with Gasteiger partial charge in [-0.05, 0) is 45.7 Å². The van der Waals surface area contributed by atoms with Crippen LogP contribution in [0, 0.1) is 17.2 Å². The van der Waals surface area contributed by atoms with E-state index in [-0.39, 0.29) is 30.1 Å². The summed E-state index contributed by atoms with van der Waals surface area (Å²) in [5.41, 5.74) is 0. The molecular formula is C19H34N6O3S. The van der Waals surface area contributed by atoms with E-state index in [1.54, 1.807) is 19.1 Å². The topological polar surface area (TPSA) is 119 Å². The minimum atomic E-state index is -0.144. The molecule has 0 radical (unpaired) electrons. The first-order valence-electron chi connectivity index (χ1n) is 10.3. The van der Waals surface area contributed by atoms with Gasteiger partial charge in [0.25, 0.3) is 0 Å². The molecule has 29 heavy (non-hydrogen) atoms. The fraction of sp³-hybridized carbons (Fsp3) is 0.842. The molecule has 0 bridgehead atoms. The van der Waals surface area contributed by atoms with Gasteiger partial charge in [-0.25, -0.2) is 4.79 Å². The number of methoxy groups -OCH3 is 1. The van der Waals surface area contributed by atoms with Crippen LogP contribution >= 0.6 is 11.9 Å². The van der Waals surface area contributed by atoms with E-state index in [9.17, 15) is 9.59 Å². The largest absolute Gasteiger partial charge is 0.381 e. The number of hydrogen-bond acceptors (Lipinski definition) is 7. The van der Waals surface area contributed by atoms with E-state index in [1.165, 1.54) is 0 Å². The van der Waals surface area contributed by atoms with Crippen molar-refractivity contribution in [1.29, 1.82) is 5.26 Å². The molecule has 4 N–H and O–H groups in total.